The second kappa shape index (κ2) is 6.54. The molecule has 2 aromatic rings. The Hall–Kier alpha value is -2.90. The van der Waals surface area contributed by atoms with E-state index in [1.165, 1.54) is 0 Å². The summed E-state index contributed by atoms with van der Waals surface area (Å²) < 4.78 is 1.88. The summed E-state index contributed by atoms with van der Waals surface area (Å²) in [5.41, 5.74) is 8.27. The van der Waals surface area contributed by atoms with Crippen LogP contribution in [-0.4, -0.2) is 40.2 Å². The summed E-state index contributed by atoms with van der Waals surface area (Å²) in [7, 11) is 1.58. The second-order valence-corrected chi connectivity index (χ2v) is 6.33. The molecule has 0 radical (unpaired) electrons. The smallest absolute Gasteiger partial charge is 0.269 e. The first kappa shape index (κ1) is 16.9. The summed E-state index contributed by atoms with van der Waals surface area (Å²) in [4.78, 5) is 29.8. The number of nitrogens with one attached hydrogen (secondary N) is 1. The number of carbonyl (C=O) groups is 2. The third-order valence-electron chi connectivity index (χ3n) is 4.37. The van der Waals surface area contributed by atoms with Gasteiger partial charge in [-0.05, 0) is 26.0 Å². The minimum absolute atomic E-state index is 0.165. The van der Waals surface area contributed by atoms with Gasteiger partial charge in [0.25, 0.3) is 11.8 Å². The Morgan fingerprint density at radius 3 is 2.64 bits per heavy atom. The third kappa shape index (κ3) is 3.07. The van der Waals surface area contributed by atoms with Gasteiger partial charge in [0.1, 0.15) is 5.82 Å². The molecule has 8 nitrogen and oxygen atoms in total. The molecular weight excluding hydrogens is 320 g/mol. The molecule has 0 aromatic carbocycles. The van der Waals surface area contributed by atoms with Crippen molar-refractivity contribution in [1.29, 1.82) is 0 Å². The maximum atomic E-state index is 11.8. The van der Waals surface area contributed by atoms with E-state index in [9.17, 15) is 9.59 Å². The molecule has 3 heterocycles. The van der Waals surface area contributed by atoms with E-state index >= 15 is 0 Å². The summed E-state index contributed by atoms with van der Waals surface area (Å²) >= 11 is 0. The lowest BCUT2D eigenvalue weighted by Gasteiger charge is -2.29. The Labute approximate surface area is 146 Å². The lowest BCUT2D eigenvalue weighted by atomic mass is 10.0. The van der Waals surface area contributed by atoms with Crippen molar-refractivity contribution in [2.75, 3.05) is 18.5 Å². The number of nitrogens with two attached hydrogens (primary N) is 1. The molecule has 0 saturated carbocycles. The fourth-order valence-electron chi connectivity index (χ4n) is 3.12. The number of pyridine rings is 1. The van der Waals surface area contributed by atoms with Crippen LogP contribution in [0.1, 0.15) is 52.0 Å². The molecule has 132 valence electrons. The van der Waals surface area contributed by atoms with Gasteiger partial charge in [0.05, 0.1) is 5.56 Å². The van der Waals surface area contributed by atoms with Crippen molar-refractivity contribution in [2.45, 2.75) is 32.9 Å². The molecule has 8 heteroatoms. The SMILES string of the molecule is CNC(=O)c1ccc(N2CCc3c(c(C(N)=O)nn3C(C)C)C2)nc1. The van der Waals surface area contributed by atoms with Crippen molar-refractivity contribution in [3.05, 3.63) is 40.8 Å². The lowest BCUT2D eigenvalue weighted by molar-refractivity contribution is 0.0960. The van der Waals surface area contributed by atoms with Crippen molar-refractivity contribution in [3.8, 4) is 0 Å². The van der Waals surface area contributed by atoms with Gasteiger partial charge in [-0.1, -0.05) is 0 Å². The second-order valence-electron chi connectivity index (χ2n) is 6.33. The average Bonchev–Trinajstić information content (AvgIpc) is 3.00. The molecule has 0 atom stereocenters. The molecule has 3 rings (SSSR count). The zero-order chi connectivity index (χ0) is 18.1. The van der Waals surface area contributed by atoms with E-state index in [4.69, 9.17) is 5.73 Å². The van der Waals surface area contributed by atoms with Crippen molar-refractivity contribution >= 4 is 17.6 Å². The number of primary amides is 1. The molecule has 25 heavy (non-hydrogen) atoms. The summed E-state index contributed by atoms with van der Waals surface area (Å²) in [6, 6.07) is 3.72. The summed E-state index contributed by atoms with van der Waals surface area (Å²) in [6.07, 6.45) is 2.31. The van der Waals surface area contributed by atoms with Gasteiger partial charge < -0.3 is 16.0 Å². The number of amides is 2. The normalized spacial score (nSPS) is 13.7. The number of hydrogen-bond acceptors (Lipinski definition) is 5. The average molecular weight is 342 g/mol. The van der Waals surface area contributed by atoms with Crippen LogP contribution < -0.4 is 16.0 Å². The molecule has 0 bridgehead atoms. The van der Waals surface area contributed by atoms with Gasteiger partial charge in [-0.2, -0.15) is 5.10 Å². The summed E-state index contributed by atoms with van der Waals surface area (Å²) in [6.45, 7) is 5.34. The predicted octanol–water partition coefficient (Wildman–Crippen LogP) is 0.880. The van der Waals surface area contributed by atoms with Crippen LogP contribution in [-0.2, 0) is 13.0 Å². The van der Waals surface area contributed by atoms with Gasteiger partial charge in [-0.15, -0.1) is 0 Å². The minimum atomic E-state index is -0.513. The Morgan fingerprint density at radius 2 is 2.08 bits per heavy atom. The highest BCUT2D eigenvalue weighted by molar-refractivity contribution is 5.94. The highest BCUT2D eigenvalue weighted by Gasteiger charge is 2.28. The Bertz CT molecular complexity index is 809. The van der Waals surface area contributed by atoms with Crippen LogP contribution in [0.3, 0.4) is 0 Å². The van der Waals surface area contributed by atoms with Crippen molar-refractivity contribution in [2.24, 2.45) is 5.73 Å². The van der Waals surface area contributed by atoms with E-state index in [1.807, 2.05) is 24.6 Å². The topological polar surface area (TPSA) is 106 Å². The number of aromatic nitrogens is 3. The van der Waals surface area contributed by atoms with Crippen LogP contribution in [0, 0.1) is 0 Å². The predicted molar refractivity (Wildman–Crippen MR) is 93.5 cm³/mol. The molecule has 0 unspecified atom stereocenters. The van der Waals surface area contributed by atoms with Crippen molar-refractivity contribution in [3.63, 3.8) is 0 Å². The zero-order valence-electron chi connectivity index (χ0n) is 14.6. The van der Waals surface area contributed by atoms with E-state index in [-0.39, 0.29) is 11.9 Å². The van der Waals surface area contributed by atoms with Gasteiger partial charge in [-0.3, -0.25) is 14.3 Å². The molecule has 3 N–H and O–H groups in total. The molecule has 0 aliphatic carbocycles. The van der Waals surface area contributed by atoms with Gasteiger partial charge in [0.2, 0.25) is 0 Å². The number of anilines is 1. The van der Waals surface area contributed by atoms with E-state index in [1.54, 1.807) is 19.3 Å². The molecule has 2 aromatic heterocycles. The van der Waals surface area contributed by atoms with Crippen LogP contribution in [0.4, 0.5) is 5.82 Å². The van der Waals surface area contributed by atoms with E-state index in [0.717, 1.165) is 30.0 Å². The van der Waals surface area contributed by atoms with Crippen molar-refractivity contribution < 1.29 is 9.59 Å². The van der Waals surface area contributed by atoms with Gasteiger partial charge in [0.15, 0.2) is 5.69 Å². The number of fused-ring (bicyclic) bond motifs is 1. The first-order chi connectivity index (χ1) is 11.9. The number of nitrogens with zero attached hydrogens (tertiary/aromatic N) is 4. The highest BCUT2D eigenvalue weighted by Crippen LogP contribution is 2.27. The van der Waals surface area contributed by atoms with Gasteiger partial charge >= 0.3 is 0 Å². The first-order valence-electron chi connectivity index (χ1n) is 8.25. The van der Waals surface area contributed by atoms with Crippen LogP contribution in [0.25, 0.3) is 0 Å². The number of carbonyl (C=O) groups excluding carboxylic acids is 2. The molecule has 1 aliphatic heterocycles. The Morgan fingerprint density at radius 1 is 1.32 bits per heavy atom. The first-order valence-corrected chi connectivity index (χ1v) is 8.25. The molecule has 0 spiro atoms. The largest absolute Gasteiger partial charge is 0.364 e. The zero-order valence-corrected chi connectivity index (χ0v) is 14.6. The Kier molecular flexibility index (Phi) is 4.43. The van der Waals surface area contributed by atoms with Crippen LogP contribution in [0.5, 0.6) is 0 Å². The van der Waals surface area contributed by atoms with Crippen LogP contribution in [0.2, 0.25) is 0 Å². The monoisotopic (exact) mass is 342 g/mol. The van der Waals surface area contributed by atoms with Gasteiger partial charge in [-0.25, -0.2) is 4.98 Å². The molecule has 0 fully saturated rings. The standard InChI is InChI=1S/C17H22N6O2/c1-10(2)23-13-6-7-22(9-12(13)15(21-23)16(18)24)14-5-4-11(8-20-14)17(25)19-3/h4-5,8,10H,6-7,9H2,1-3H3,(H2,18,24)(H,19,25). The van der Waals surface area contributed by atoms with Crippen LogP contribution in [0.15, 0.2) is 18.3 Å². The minimum Gasteiger partial charge on any atom is -0.364 e. The van der Waals surface area contributed by atoms with Crippen LogP contribution >= 0.6 is 0 Å². The quantitative estimate of drug-likeness (QED) is 0.858. The summed E-state index contributed by atoms with van der Waals surface area (Å²) in [5.74, 6) is 0.0700. The van der Waals surface area contributed by atoms with Gasteiger partial charge in [0, 0.05) is 50.1 Å². The number of rotatable bonds is 4. The lowest BCUT2D eigenvalue weighted by Crippen LogP contribution is -2.33. The molecular formula is C17H22N6O2. The van der Waals surface area contributed by atoms with E-state index < -0.39 is 5.91 Å². The fraction of sp³-hybridized carbons (Fsp3) is 0.412. The third-order valence-corrected chi connectivity index (χ3v) is 4.37. The molecule has 0 saturated heterocycles. The molecule has 2 amide bonds. The maximum Gasteiger partial charge on any atom is 0.269 e. The maximum absolute atomic E-state index is 11.8. The highest BCUT2D eigenvalue weighted by atomic mass is 16.2. The molecule has 1 aliphatic rings. The summed E-state index contributed by atoms with van der Waals surface area (Å²) in [5, 5.41) is 6.98. The fourth-order valence-corrected chi connectivity index (χ4v) is 3.12. The van der Waals surface area contributed by atoms with E-state index in [2.05, 4.69) is 20.3 Å². The number of hydrogen-bond donors (Lipinski definition) is 2. The van der Waals surface area contributed by atoms with E-state index in [0.29, 0.717) is 17.8 Å². The Balaban J connectivity index is 1.90. The van der Waals surface area contributed by atoms with Crippen molar-refractivity contribution in [1.82, 2.24) is 20.1 Å².